The number of pyridine rings is 1. The number of halogens is 6. The van der Waals surface area contributed by atoms with Crippen LogP contribution in [0.3, 0.4) is 0 Å². The number of nitrogens with one attached hydrogen (secondary N) is 11. The lowest BCUT2D eigenvalue weighted by molar-refractivity contribution is 0.101. The standard InChI is InChI=1S/C22H18Cl2N4O4S.C22H18ClFN4O4S.C21H18ClN5O4S.C20H18ClN3O3S/c23-16-3-1-2-15(12-16)22(30)27-20-13-17(6-9-19(20)24)26-21(29)14-4-7-18(8-5-14)28-11-10-25-33(28,31)32;23-19-9-6-17(13-20(19)27-22(30)15-2-1-3-16(24)12-15)26-21(29)14-4-7-18(8-5-14)28-11-10-25-33(28,31)32;22-18-8-5-16(12-19(18)26-21(29)15-2-1-9-23-13-15)25-20(28)14-3-6-17(7-4-14)27-11-10-24-32(27,30)31;1-13-3-2-4-16-18(10-9-17(21)19(13)16)23-20(25)14-5-7-15(8-6-14)24-12-11-22-28(24,26)27/h2*1-9,12-13,25H,10-11H2,(H,26,29)(H,27,30);1-9,12-13,24H,10-11H2,(H,25,28)(H,26,29);2-10,22H,11-12H2,1H3,(H,23,25). The summed E-state index contributed by atoms with van der Waals surface area (Å²) >= 11 is 30.8. The number of rotatable bonds is 18. The van der Waals surface area contributed by atoms with Gasteiger partial charge in [-0.1, -0.05) is 88.3 Å². The Labute approximate surface area is 747 Å². The zero-order chi connectivity index (χ0) is 89.8. The number of hydrogen-bond acceptors (Lipinski definition) is 16. The predicted octanol–water partition coefficient (Wildman–Crippen LogP) is 14.4. The Morgan fingerprint density at radius 1 is 0.325 bits per heavy atom. The van der Waals surface area contributed by atoms with Crippen LogP contribution in [0.15, 0.2) is 255 Å². The average Bonchev–Trinajstić information content (AvgIpc) is 1.12. The number of benzene rings is 11. The normalized spacial score (nSPS) is 14.9. The Morgan fingerprint density at radius 3 is 0.984 bits per heavy atom. The second-order valence-corrected chi connectivity index (χ2v) is 36.5. The van der Waals surface area contributed by atoms with E-state index in [4.69, 9.17) is 58.0 Å². The van der Waals surface area contributed by atoms with Gasteiger partial charge in [-0.05, 0) is 225 Å². The first-order chi connectivity index (χ1) is 60.1. The Hall–Kier alpha value is -12.7. The minimum atomic E-state index is -3.55. The molecule has 31 nitrogen and oxygen atoms in total. The molecule has 0 bridgehead atoms. The molecule has 4 aliphatic heterocycles. The van der Waals surface area contributed by atoms with Crippen LogP contribution in [-0.2, 0) is 40.8 Å². The van der Waals surface area contributed by atoms with Crippen molar-refractivity contribution < 1.29 is 71.6 Å². The molecule has 4 fully saturated rings. The molecule has 5 heterocycles. The van der Waals surface area contributed by atoms with Gasteiger partial charge < -0.3 is 37.2 Å². The van der Waals surface area contributed by atoms with Gasteiger partial charge in [-0.3, -0.25) is 55.8 Å². The first kappa shape index (κ1) is 91.0. The lowest BCUT2D eigenvalue weighted by Gasteiger charge is -2.16. The lowest BCUT2D eigenvalue weighted by Crippen LogP contribution is -2.29. The molecule has 0 atom stereocenters. The third kappa shape index (κ3) is 22.5. The van der Waals surface area contributed by atoms with Gasteiger partial charge in [-0.2, -0.15) is 52.6 Å². The van der Waals surface area contributed by atoms with E-state index in [1.807, 2.05) is 25.1 Å². The average molecular weight is 1880 g/mol. The molecular weight excluding hydrogens is 1810 g/mol. The molecule has 16 rings (SSSR count). The summed E-state index contributed by atoms with van der Waals surface area (Å²) in [6, 6.07) is 63.3. The molecule has 12 aromatic rings. The number of carbonyl (C=O) groups is 7. The zero-order valence-electron chi connectivity index (χ0n) is 65.7. The van der Waals surface area contributed by atoms with Crippen LogP contribution in [0.1, 0.15) is 78.1 Å². The molecule has 126 heavy (non-hydrogen) atoms. The Morgan fingerprint density at radius 2 is 0.643 bits per heavy atom. The Bertz CT molecular complexity index is 6500. The van der Waals surface area contributed by atoms with Crippen LogP contribution in [0.4, 0.5) is 67.0 Å². The minimum absolute atomic E-state index is 0.121. The van der Waals surface area contributed by atoms with E-state index in [9.17, 15) is 71.6 Å². The van der Waals surface area contributed by atoms with Gasteiger partial charge in [0.2, 0.25) is 0 Å². The quantitative estimate of drug-likeness (QED) is 0.0380. The molecule has 0 unspecified atom stereocenters. The number of amides is 7. The van der Waals surface area contributed by atoms with Gasteiger partial charge in [0, 0.05) is 142 Å². The van der Waals surface area contributed by atoms with E-state index in [0.717, 1.165) is 22.4 Å². The number of aromatic nitrogens is 1. The summed E-state index contributed by atoms with van der Waals surface area (Å²) in [6.45, 7) is 4.64. The summed E-state index contributed by atoms with van der Waals surface area (Å²) in [5.74, 6) is -3.39. The van der Waals surface area contributed by atoms with Gasteiger partial charge in [0.1, 0.15) is 5.82 Å². The van der Waals surface area contributed by atoms with Crippen molar-refractivity contribution in [1.29, 1.82) is 0 Å². The molecule has 11 N–H and O–H groups in total. The maximum atomic E-state index is 13.4. The highest BCUT2D eigenvalue weighted by atomic mass is 35.5. The van der Waals surface area contributed by atoms with Gasteiger partial charge in [-0.25, -0.2) is 4.39 Å². The fourth-order valence-electron chi connectivity index (χ4n) is 13.0. The molecular formula is C85H72Cl5FN16O15S4. The summed E-state index contributed by atoms with van der Waals surface area (Å²) in [6.07, 6.45) is 3.00. The van der Waals surface area contributed by atoms with Crippen molar-refractivity contribution >= 4 is 214 Å². The summed E-state index contributed by atoms with van der Waals surface area (Å²) in [5.41, 5.74) is 8.00. The van der Waals surface area contributed by atoms with Gasteiger partial charge in [0.05, 0.1) is 60.4 Å². The number of anilines is 11. The number of aryl methyl sites for hydroxylation is 1. The topological polar surface area (TPSA) is 414 Å². The van der Waals surface area contributed by atoms with E-state index >= 15 is 0 Å². The Kier molecular flexibility index (Phi) is 28.7. The maximum absolute atomic E-state index is 13.4. The molecule has 1 aromatic heterocycles. The van der Waals surface area contributed by atoms with Crippen LogP contribution in [0, 0.1) is 12.7 Å². The summed E-state index contributed by atoms with van der Waals surface area (Å²) in [7, 11) is -14.1. The van der Waals surface area contributed by atoms with Crippen molar-refractivity contribution in [3.8, 4) is 0 Å². The van der Waals surface area contributed by atoms with E-state index in [2.05, 4.69) is 61.1 Å². The predicted molar refractivity (Wildman–Crippen MR) is 489 cm³/mol. The van der Waals surface area contributed by atoms with Crippen LogP contribution in [-0.4, -0.2) is 132 Å². The summed E-state index contributed by atoms with van der Waals surface area (Å²) in [4.78, 5) is 91.8. The first-order valence-electron chi connectivity index (χ1n) is 37.8. The molecule has 41 heteroatoms. The third-order valence-corrected chi connectivity index (χ3v) is 26.9. The van der Waals surface area contributed by atoms with Crippen molar-refractivity contribution in [2.24, 2.45) is 0 Å². The molecule has 4 saturated heterocycles. The fourth-order valence-corrected chi connectivity index (χ4v) is 18.9. The first-order valence-corrected chi connectivity index (χ1v) is 45.5. The highest BCUT2D eigenvalue weighted by Gasteiger charge is 2.32. The lowest BCUT2D eigenvalue weighted by atomic mass is 10.0. The molecule has 648 valence electrons. The van der Waals surface area contributed by atoms with Crippen molar-refractivity contribution in [2.45, 2.75) is 6.92 Å². The molecule has 4 aliphatic rings. The Balaban J connectivity index is 0.000000144. The van der Waals surface area contributed by atoms with Gasteiger partial charge in [0.25, 0.3) is 41.4 Å². The van der Waals surface area contributed by atoms with E-state index in [0.29, 0.717) is 163 Å². The number of fused-ring (bicyclic) bond motifs is 1. The van der Waals surface area contributed by atoms with E-state index in [-0.39, 0.29) is 28.1 Å². The van der Waals surface area contributed by atoms with Crippen LogP contribution >= 0.6 is 58.0 Å². The van der Waals surface area contributed by atoms with Crippen molar-refractivity contribution in [3.05, 3.63) is 330 Å². The monoisotopic (exact) mass is 1880 g/mol. The number of hydrogen-bond donors (Lipinski definition) is 11. The highest BCUT2D eigenvalue weighted by molar-refractivity contribution is 7.92. The van der Waals surface area contributed by atoms with E-state index < -0.39 is 76.2 Å². The fraction of sp³-hybridized carbons (Fsp3) is 0.106. The second-order valence-electron chi connectivity index (χ2n) is 27.7. The van der Waals surface area contributed by atoms with Gasteiger partial charge in [0.15, 0.2) is 0 Å². The number of carbonyl (C=O) groups excluding carboxylic acids is 7. The molecule has 0 radical (unpaired) electrons. The van der Waals surface area contributed by atoms with Gasteiger partial charge >= 0.3 is 40.8 Å². The third-order valence-electron chi connectivity index (χ3n) is 19.2. The largest absolute Gasteiger partial charge is 0.322 e. The molecule has 0 spiro atoms. The summed E-state index contributed by atoms with van der Waals surface area (Å²) < 4.78 is 124. The zero-order valence-corrected chi connectivity index (χ0v) is 72.7. The molecule has 7 amide bonds. The molecule has 0 saturated carbocycles. The van der Waals surface area contributed by atoms with Crippen LogP contribution < -0.4 is 73.3 Å². The van der Waals surface area contributed by atoms with Crippen molar-refractivity contribution in [1.82, 2.24) is 23.9 Å². The summed E-state index contributed by atoms with van der Waals surface area (Å²) in [5, 5.41) is 22.8. The van der Waals surface area contributed by atoms with E-state index in [1.165, 1.54) is 84.1 Å². The number of nitrogens with zero attached hydrogens (tertiary/aromatic N) is 5. The maximum Gasteiger partial charge on any atom is 0.301 e. The second kappa shape index (κ2) is 39.7. The SMILES string of the molecule is Cc1cccc2c(NC(=O)c3ccc(N4CCNS4(=O)=O)cc3)ccc(Cl)c12.O=C(Nc1ccc(Cl)c(NC(=O)c2cccc(Cl)c2)c1)c1ccc(N2CCNS2(=O)=O)cc1.O=C(Nc1ccc(Cl)c(NC(=O)c2cccc(F)c2)c1)c1ccc(N2CCNS2(=O)=O)cc1.O=C(Nc1ccc(Cl)c(NC(=O)c2cccnc2)c1)c1ccc(N2CCNS2(=O)=O)cc1. The van der Waals surface area contributed by atoms with Crippen LogP contribution in [0.2, 0.25) is 25.1 Å². The van der Waals surface area contributed by atoms with Crippen LogP contribution in [0.5, 0.6) is 0 Å². The molecule has 0 aliphatic carbocycles. The molecule has 11 aromatic carbocycles. The van der Waals surface area contributed by atoms with Gasteiger partial charge in [-0.15, -0.1) is 0 Å². The van der Waals surface area contributed by atoms with Crippen molar-refractivity contribution in [2.75, 3.05) is 107 Å². The van der Waals surface area contributed by atoms with Crippen LogP contribution in [0.25, 0.3) is 10.8 Å². The van der Waals surface area contributed by atoms with E-state index in [1.54, 1.807) is 164 Å². The minimum Gasteiger partial charge on any atom is -0.322 e. The smallest absolute Gasteiger partial charge is 0.301 e. The van der Waals surface area contributed by atoms with Crippen molar-refractivity contribution in [3.63, 3.8) is 0 Å². The highest BCUT2D eigenvalue weighted by Crippen LogP contribution is 2.36.